The van der Waals surface area contributed by atoms with Crippen LogP contribution < -0.4 is 10.6 Å². The molecule has 132 valence electrons. The molecule has 2 aromatic carbocycles. The second-order valence-corrected chi connectivity index (χ2v) is 6.29. The fourth-order valence-corrected chi connectivity index (χ4v) is 3.06. The smallest absolute Gasteiger partial charge is 0.251 e. The Morgan fingerprint density at radius 2 is 1.96 bits per heavy atom. The lowest BCUT2D eigenvalue weighted by Gasteiger charge is -2.11. The minimum absolute atomic E-state index is 0.0838. The van der Waals surface area contributed by atoms with E-state index < -0.39 is 0 Å². The van der Waals surface area contributed by atoms with E-state index in [2.05, 4.69) is 20.6 Å². The minimum atomic E-state index is -0.0838. The van der Waals surface area contributed by atoms with Gasteiger partial charge in [0.15, 0.2) is 0 Å². The third kappa shape index (κ3) is 3.65. The summed E-state index contributed by atoms with van der Waals surface area (Å²) >= 11 is 0. The monoisotopic (exact) mass is 348 g/mol. The maximum Gasteiger partial charge on any atom is 0.251 e. The molecule has 4 rings (SSSR count). The zero-order valence-electron chi connectivity index (χ0n) is 14.3. The third-order valence-corrected chi connectivity index (χ3v) is 4.47. The average Bonchev–Trinajstić information content (AvgIpc) is 3.21. The molecule has 6 heteroatoms. The van der Waals surface area contributed by atoms with E-state index in [-0.39, 0.29) is 12.0 Å². The number of aromatic nitrogens is 2. The summed E-state index contributed by atoms with van der Waals surface area (Å²) < 4.78 is 5.52. The predicted octanol–water partition coefficient (Wildman–Crippen LogP) is 3.28. The summed E-state index contributed by atoms with van der Waals surface area (Å²) in [5.41, 5.74) is 2.38. The molecule has 0 radical (unpaired) electrons. The van der Waals surface area contributed by atoms with Crippen LogP contribution in [-0.2, 0) is 4.74 Å². The number of carbonyl (C=O) groups excluding carboxylic acids is 1. The highest BCUT2D eigenvalue weighted by Gasteiger charge is 2.16. The Hall–Kier alpha value is -2.99. The lowest BCUT2D eigenvalue weighted by molar-refractivity contribution is 0.0858. The van der Waals surface area contributed by atoms with Crippen LogP contribution >= 0.6 is 0 Å². The number of nitrogens with zero attached hydrogens (tertiary/aromatic N) is 2. The van der Waals surface area contributed by atoms with Crippen LogP contribution in [0.2, 0.25) is 0 Å². The average molecular weight is 348 g/mol. The molecule has 2 heterocycles. The molecule has 1 aliphatic rings. The van der Waals surface area contributed by atoms with Gasteiger partial charge in [-0.05, 0) is 49.2 Å². The van der Waals surface area contributed by atoms with E-state index in [0.29, 0.717) is 12.1 Å². The lowest BCUT2D eigenvalue weighted by atomic mass is 10.1. The molecule has 1 atom stereocenters. The van der Waals surface area contributed by atoms with Crippen LogP contribution in [0.4, 0.5) is 11.5 Å². The number of hydrogen-bond donors (Lipinski definition) is 2. The SMILES string of the molecule is O=C(NCC1CCCO1)c1ccc(Nc2ncnc3ccccc23)cc1. The van der Waals surface area contributed by atoms with Crippen LogP contribution in [0.3, 0.4) is 0 Å². The molecule has 1 amide bonds. The van der Waals surface area contributed by atoms with E-state index in [0.717, 1.165) is 41.9 Å². The van der Waals surface area contributed by atoms with E-state index in [9.17, 15) is 4.79 Å². The fourth-order valence-electron chi connectivity index (χ4n) is 3.06. The summed E-state index contributed by atoms with van der Waals surface area (Å²) in [6.07, 6.45) is 3.76. The van der Waals surface area contributed by atoms with Crippen molar-refractivity contribution in [1.29, 1.82) is 0 Å². The van der Waals surface area contributed by atoms with E-state index in [1.807, 2.05) is 36.4 Å². The standard InChI is InChI=1S/C20H20N4O2/c25-20(21-12-16-4-3-11-26-16)14-7-9-15(10-8-14)24-19-17-5-1-2-6-18(17)22-13-23-19/h1-2,5-10,13,16H,3-4,11-12H2,(H,21,25)(H,22,23,24). The number of benzene rings is 2. The molecule has 1 saturated heterocycles. The molecule has 2 N–H and O–H groups in total. The van der Waals surface area contributed by atoms with Crippen molar-refractivity contribution in [1.82, 2.24) is 15.3 Å². The molecular formula is C20H20N4O2. The molecule has 3 aromatic rings. The van der Waals surface area contributed by atoms with Crippen molar-refractivity contribution in [2.24, 2.45) is 0 Å². The molecule has 6 nitrogen and oxygen atoms in total. The predicted molar refractivity (Wildman–Crippen MR) is 101 cm³/mol. The Morgan fingerprint density at radius 3 is 2.77 bits per heavy atom. The van der Waals surface area contributed by atoms with Gasteiger partial charge in [0.1, 0.15) is 12.1 Å². The summed E-state index contributed by atoms with van der Waals surface area (Å²) in [5, 5.41) is 7.17. The van der Waals surface area contributed by atoms with Crippen molar-refractivity contribution in [3.63, 3.8) is 0 Å². The molecule has 0 aliphatic carbocycles. The first-order chi connectivity index (χ1) is 12.8. The normalized spacial score (nSPS) is 16.5. The molecular weight excluding hydrogens is 328 g/mol. The summed E-state index contributed by atoms with van der Waals surface area (Å²) in [6, 6.07) is 15.2. The third-order valence-electron chi connectivity index (χ3n) is 4.47. The van der Waals surface area contributed by atoms with Gasteiger partial charge in [0.2, 0.25) is 0 Å². The first-order valence-electron chi connectivity index (χ1n) is 8.76. The second kappa shape index (κ2) is 7.49. The van der Waals surface area contributed by atoms with Gasteiger partial charge in [0.25, 0.3) is 5.91 Å². The molecule has 0 spiro atoms. The largest absolute Gasteiger partial charge is 0.376 e. The highest BCUT2D eigenvalue weighted by atomic mass is 16.5. The topological polar surface area (TPSA) is 76.1 Å². The van der Waals surface area contributed by atoms with E-state index in [4.69, 9.17) is 4.74 Å². The Balaban J connectivity index is 1.43. The summed E-state index contributed by atoms with van der Waals surface area (Å²) in [5.74, 6) is 0.658. The van der Waals surface area contributed by atoms with Crippen LogP contribution in [-0.4, -0.2) is 35.1 Å². The highest BCUT2D eigenvalue weighted by molar-refractivity contribution is 5.95. The molecule has 26 heavy (non-hydrogen) atoms. The summed E-state index contributed by atoms with van der Waals surface area (Å²) in [7, 11) is 0. The number of nitrogens with one attached hydrogen (secondary N) is 2. The number of rotatable bonds is 5. The lowest BCUT2D eigenvalue weighted by Crippen LogP contribution is -2.31. The van der Waals surface area contributed by atoms with Gasteiger partial charge >= 0.3 is 0 Å². The molecule has 1 unspecified atom stereocenters. The summed E-state index contributed by atoms with van der Waals surface area (Å²) in [4.78, 5) is 20.8. The fraction of sp³-hybridized carbons (Fsp3) is 0.250. The maximum absolute atomic E-state index is 12.2. The van der Waals surface area contributed by atoms with Crippen LogP contribution in [0.1, 0.15) is 23.2 Å². The van der Waals surface area contributed by atoms with Gasteiger partial charge in [-0.25, -0.2) is 9.97 Å². The van der Waals surface area contributed by atoms with Gasteiger partial charge < -0.3 is 15.4 Å². The number of hydrogen-bond acceptors (Lipinski definition) is 5. The minimum Gasteiger partial charge on any atom is -0.376 e. The number of carbonyl (C=O) groups is 1. The van der Waals surface area contributed by atoms with Crippen LogP contribution in [0, 0.1) is 0 Å². The number of fused-ring (bicyclic) bond motifs is 1. The van der Waals surface area contributed by atoms with Gasteiger partial charge in [0, 0.05) is 29.8 Å². The Morgan fingerprint density at radius 1 is 1.12 bits per heavy atom. The van der Waals surface area contributed by atoms with E-state index >= 15 is 0 Å². The van der Waals surface area contributed by atoms with Gasteiger partial charge in [0.05, 0.1) is 11.6 Å². The zero-order chi connectivity index (χ0) is 17.8. The van der Waals surface area contributed by atoms with Gasteiger partial charge in [-0.15, -0.1) is 0 Å². The van der Waals surface area contributed by atoms with Crippen LogP contribution in [0.25, 0.3) is 10.9 Å². The van der Waals surface area contributed by atoms with Crippen molar-refractivity contribution in [3.05, 3.63) is 60.4 Å². The van der Waals surface area contributed by atoms with Crippen LogP contribution in [0.5, 0.6) is 0 Å². The quantitative estimate of drug-likeness (QED) is 0.740. The number of anilines is 2. The first kappa shape index (κ1) is 16.5. The zero-order valence-corrected chi connectivity index (χ0v) is 14.3. The first-order valence-corrected chi connectivity index (χ1v) is 8.76. The van der Waals surface area contributed by atoms with Crippen molar-refractivity contribution < 1.29 is 9.53 Å². The summed E-state index contributed by atoms with van der Waals surface area (Å²) in [6.45, 7) is 1.35. The molecule has 0 bridgehead atoms. The van der Waals surface area contributed by atoms with Gasteiger partial charge in [-0.2, -0.15) is 0 Å². The molecule has 1 aliphatic heterocycles. The van der Waals surface area contributed by atoms with Crippen molar-refractivity contribution in [3.8, 4) is 0 Å². The molecule has 1 fully saturated rings. The van der Waals surface area contributed by atoms with Gasteiger partial charge in [-0.1, -0.05) is 12.1 Å². The van der Waals surface area contributed by atoms with Crippen molar-refractivity contribution in [2.45, 2.75) is 18.9 Å². The number of amides is 1. The van der Waals surface area contributed by atoms with Crippen molar-refractivity contribution in [2.75, 3.05) is 18.5 Å². The van der Waals surface area contributed by atoms with Crippen LogP contribution in [0.15, 0.2) is 54.9 Å². The Kier molecular flexibility index (Phi) is 4.75. The number of para-hydroxylation sites is 1. The number of ether oxygens (including phenoxy) is 1. The molecule has 0 saturated carbocycles. The van der Waals surface area contributed by atoms with Gasteiger partial charge in [-0.3, -0.25) is 4.79 Å². The maximum atomic E-state index is 12.2. The molecule has 1 aromatic heterocycles. The Labute approximate surface area is 151 Å². The Bertz CT molecular complexity index is 900. The van der Waals surface area contributed by atoms with Crippen molar-refractivity contribution >= 4 is 28.3 Å². The van der Waals surface area contributed by atoms with E-state index in [1.54, 1.807) is 12.1 Å². The van der Waals surface area contributed by atoms with E-state index in [1.165, 1.54) is 6.33 Å². The second-order valence-electron chi connectivity index (χ2n) is 6.29. The highest BCUT2D eigenvalue weighted by Crippen LogP contribution is 2.22.